The Balaban J connectivity index is 2.37. The highest BCUT2D eigenvalue weighted by Crippen LogP contribution is 2.32. The molecule has 0 bridgehead atoms. The molecule has 1 heterocycles. The minimum Gasteiger partial charge on any atom is -0.492 e. The second-order valence-electron chi connectivity index (χ2n) is 5.06. The number of benzene rings is 1. The number of nitrogens with zero attached hydrogens (tertiary/aromatic N) is 1. The van der Waals surface area contributed by atoms with Gasteiger partial charge in [0.2, 0.25) is 10.0 Å². The first kappa shape index (κ1) is 17.1. The van der Waals surface area contributed by atoms with Gasteiger partial charge in [-0.1, -0.05) is 11.6 Å². The lowest BCUT2D eigenvalue weighted by Crippen LogP contribution is -2.42. The molecule has 0 unspecified atom stereocenters. The van der Waals surface area contributed by atoms with E-state index in [9.17, 15) is 13.2 Å². The molecule has 0 amide bonds. The largest absolute Gasteiger partial charge is 0.492 e. The van der Waals surface area contributed by atoms with E-state index in [0.29, 0.717) is 26.0 Å². The highest BCUT2D eigenvalue weighted by atomic mass is 35.5. The number of carboxylic acid groups (broad SMARTS) is 1. The summed E-state index contributed by atoms with van der Waals surface area (Å²) in [5.41, 5.74) is 0. The highest BCUT2D eigenvalue weighted by molar-refractivity contribution is 7.89. The van der Waals surface area contributed by atoms with Crippen molar-refractivity contribution in [3.8, 4) is 5.75 Å². The molecule has 0 aliphatic carbocycles. The van der Waals surface area contributed by atoms with Crippen molar-refractivity contribution in [2.45, 2.75) is 24.7 Å². The third kappa shape index (κ3) is 3.53. The first-order valence-corrected chi connectivity index (χ1v) is 8.83. The molecule has 1 atom stereocenters. The molecule has 0 saturated carbocycles. The molecule has 122 valence electrons. The van der Waals surface area contributed by atoms with Crippen molar-refractivity contribution in [2.24, 2.45) is 5.92 Å². The highest BCUT2D eigenvalue weighted by Gasteiger charge is 2.34. The zero-order valence-electron chi connectivity index (χ0n) is 12.2. The lowest BCUT2D eigenvalue weighted by atomic mass is 10.0. The first-order valence-electron chi connectivity index (χ1n) is 7.01. The Bertz CT molecular complexity index is 661. The van der Waals surface area contributed by atoms with Crippen LogP contribution in [0.4, 0.5) is 0 Å². The quantitative estimate of drug-likeness (QED) is 0.882. The van der Waals surface area contributed by atoms with E-state index < -0.39 is 21.9 Å². The number of rotatable bonds is 5. The maximum Gasteiger partial charge on any atom is 0.307 e. The molecule has 6 nitrogen and oxygen atoms in total. The second kappa shape index (κ2) is 6.85. The number of hydrogen-bond acceptors (Lipinski definition) is 4. The van der Waals surface area contributed by atoms with Crippen molar-refractivity contribution < 1.29 is 23.1 Å². The van der Waals surface area contributed by atoms with Gasteiger partial charge in [-0.25, -0.2) is 8.42 Å². The molecule has 1 saturated heterocycles. The summed E-state index contributed by atoms with van der Waals surface area (Å²) in [5.74, 6) is -1.43. The number of aliphatic carboxylic acids is 1. The van der Waals surface area contributed by atoms with Gasteiger partial charge in [0.1, 0.15) is 10.6 Å². The van der Waals surface area contributed by atoms with E-state index >= 15 is 0 Å². The van der Waals surface area contributed by atoms with Gasteiger partial charge in [0.05, 0.1) is 12.5 Å². The molecule has 22 heavy (non-hydrogen) atoms. The molecule has 0 aromatic heterocycles. The van der Waals surface area contributed by atoms with Crippen LogP contribution in [0.5, 0.6) is 5.75 Å². The standard InChI is InChI=1S/C14H18ClNO5S/c1-2-21-12-6-5-11(15)8-13(12)22(19,20)16-7-3-4-10(9-16)14(17)18/h5-6,8,10H,2-4,7,9H2,1H3,(H,17,18)/t10-/m0/s1. The second-order valence-corrected chi connectivity index (χ2v) is 7.41. The van der Waals surface area contributed by atoms with Gasteiger partial charge in [-0.05, 0) is 38.0 Å². The Kier molecular flexibility index (Phi) is 5.31. The van der Waals surface area contributed by atoms with E-state index in [1.54, 1.807) is 13.0 Å². The zero-order chi connectivity index (χ0) is 16.3. The molecule has 1 aliphatic heterocycles. The Morgan fingerprint density at radius 3 is 2.86 bits per heavy atom. The Morgan fingerprint density at radius 2 is 2.23 bits per heavy atom. The Morgan fingerprint density at radius 1 is 1.50 bits per heavy atom. The van der Waals surface area contributed by atoms with Crippen LogP contribution in [-0.4, -0.2) is 43.5 Å². The van der Waals surface area contributed by atoms with Crippen molar-refractivity contribution in [3.05, 3.63) is 23.2 Å². The maximum atomic E-state index is 12.8. The zero-order valence-corrected chi connectivity index (χ0v) is 13.7. The van der Waals surface area contributed by atoms with E-state index in [2.05, 4.69) is 0 Å². The third-order valence-electron chi connectivity index (χ3n) is 3.56. The minimum atomic E-state index is -3.84. The van der Waals surface area contributed by atoms with E-state index in [1.807, 2.05) is 0 Å². The fourth-order valence-electron chi connectivity index (χ4n) is 2.46. The van der Waals surface area contributed by atoms with Crippen LogP contribution in [0.3, 0.4) is 0 Å². The topological polar surface area (TPSA) is 83.9 Å². The predicted molar refractivity (Wildman–Crippen MR) is 81.7 cm³/mol. The number of halogens is 1. The smallest absolute Gasteiger partial charge is 0.307 e. The Hall–Kier alpha value is -1.31. The minimum absolute atomic E-state index is 0.0205. The summed E-state index contributed by atoms with van der Waals surface area (Å²) in [6.45, 7) is 2.34. The van der Waals surface area contributed by atoms with Crippen molar-refractivity contribution in [3.63, 3.8) is 0 Å². The molecule has 1 fully saturated rings. The maximum absolute atomic E-state index is 12.8. The molecule has 8 heteroatoms. The molecule has 1 aromatic rings. The van der Waals surface area contributed by atoms with Crippen molar-refractivity contribution in [1.29, 1.82) is 0 Å². The molecule has 0 radical (unpaired) electrons. The van der Waals surface area contributed by atoms with Gasteiger partial charge in [-0.3, -0.25) is 4.79 Å². The lowest BCUT2D eigenvalue weighted by molar-refractivity contribution is -0.142. The summed E-state index contributed by atoms with van der Waals surface area (Å²) in [6, 6.07) is 4.41. The van der Waals surface area contributed by atoms with E-state index in [1.165, 1.54) is 16.4 Å². The molecule has 0 spiro atoms. The number of ether oxygens (including phenoxy) is 1. The summed E-state index contributed by atoms with van der Waals surface area (Å²) in [4.78, 5) is 11.1. The summed E-state index contributed by atoms with van der Waals surface area (Å²) < 4.78 is 32.2. The van der Waals surface area contributed by atoms with E-state index in [0.717, 1.165) is 0 Å². The summed E-state index contributed by atoms with van der Waals surface area (Å²) >= 11 is 5.91. The molecule has 1 aromatic carbocycles. The summed E-state index contributed by atoms with van der Waals surface area (Å²) in [6.07, 6.45) is 0.996. The van der Waals surface area contributed by atoms with Gasteiger partial charge in [0.25, 0.3) is 0 Å². The molecule has 2 rings (SSSR count). The number of sulfonamides is 1. The van der Waals surface area contributed by atoms with Crippen LogP contribution in [0, 0.1) is 5.92 Å². The van der Waals surface area contributed by atoms with E-state index in [4.69, 9.17) is 21.4 Å². The average Bonchev–Trinajstić information content (AvgIpc) is 2.49. The van der Waals surface area contributed by atoms with Crippen molar-refractivity contribution in [2.75, 3.05) is 19.7 Å². The fourth-order valence-corrected chi connectivity index (χ4v) is 4.38. The molecule has 1 aliphatic rings. The molecule has 1 N–H and O–H groups in total. The first-order chi connectivity index (χ1) is 10.4. The third-order valence-corrected chi connectivity index (χ3v) is 5.68. The monoisotopic (exact) mass is 347 g/mol. The molecular formula is C14H18ClNO5S. The van der Waals surface area contributed by atoms with Gasteiger partial charge < -0.3 is 9.84 Å². The fraction of sp³-hybridized carbons (Fsp3) is 0.500. The number of carbonyl (C=O) groups is 1. The van der Waals surface area contributed by atoms with Crippen LogP contribution < -0.4 is 4.74 Å². The Labute approximate surface area is 134 Å². The van der Waals surface area contributed by atoms with Gasteiger partial charge in [0.15, 0.2) is 0 Å². The van der Waals surface area contributed by atoms with Gasteiger partial charge in [-0.15, -0.1) is 0 Å². The summed E-state index contributed by atoms with van der Waals surface area (Å²) in [7, 11) is -3.84. The van der Waals surface area contributed by atoms with Crippen LogP contribution in [0.25, 0.3) is 0 Å². The van der Waals surface area contributed by atoms with Gasteiger partial charge in [0, 0.05) is 18.1 Å². The van der Waals surface area contributed by atoms with Crippen molar-refractivity contribution >= 4 is 27.6 Å². The van der Waals surface area contributed by atoms with E-state index in [-0.39, 0.29) is 22.2 Å². The van der Waals surface area contributed by atoms with Crippen molar-refractivity contribution in [1.82, 2.24) is 4.31 Å². The lowest BCUT2D eigenvalue weighted by Gasteiger charge is -2.30. The van der Waals surface area contributed by atoms with Crippen LogP contribution in [0.15, 0.2) is 23.1 Å². The summed E-state index contributed by atoms with van der Waals surface area (Å²) in [5, 5.41) is 9.39. The molecular weight excluding hydrogens is 330 g/mol. The van der Waals surface area contributed by atoms with Crippen LogP contribution in [-0.2, 0) is 14.8 Å². The van der Waals surface area contributed by atoms with Crippen LogP contribution >= 0.6 is 11.6 Å². The number of carboxylic acids is 1. The average molecular weight is 348 g/mol. The van der Waals surface area contributed by atoms with Gasteiger partial charge in [-0.2, -0.15) is 4.31 Å². The normalized spacial score (nSPS) is 19.8. The number of hydrogen-bond donors (Lipinski definition) is 1. The predicted octanol–water partition coefficient (Wildman–Crippen LogP) is 2.22. The van der Waals surface area contributed by atoms with Gasteiger partial charge >= 0.3 is 5.97 Å². The van der Waals surface area contributed by atoms with Crippen LogP contribution in [0.2, 0.25) is 5.02 Å². The number of piperidine rings is 1. The van der Waals surface area contributed by atoms with Crippen LogP contribution in [0.1, 0.15) is 19.8 Å². The SMILES string of the molecule is CCOc1ccc(Cl)cc1S(=O)(=O)N1CCC[C@H](C(=O)O)C1.